The Balaban J connectivity index is 2.19. The number of benzene rings is 1. The largest absolute Gasteiger partial charge is 0.490 e. The Morgan fingerprint density at radius 1 is 1.10 bits per heavy atom. The molecule has 2 heterocycles. The third kappa shape index (κ3) is 13.8. The highest BCUT2D eigenvalue weighted by atomic mass is 16.6. The van der Waals surface area contributed by atoms with Crippen LogP contribution in [0, 0.1) is 5.92 Å². The number of carbonyl (C=O) groups excluding carboxylic acids is 5. The molecule has 0 saturated carbocycles. The first-order valence-corrected chi connectivity index (χ1v) is 14.0. The normalized spacial score (nSPS) is 21.0. The van der Waals surface area contributed by atoms with E-state index in [0.29, 0.717) is 51.1 Å². The van der Waals surface area contributed by atoms with Gasteiger partial charge in [0.15, 0.2) is 5.78 Å². The van der Waals surface area contributed by atoms with Gasteiger partial charge in [-0.15, -0.1) is 0 Å². The Morgan fingerprint density at radius 2 is 1.83 bits per heavy atom. The number of ether oxygens (including phenoxy) is 3. The molecule has 0 spiro atoms. The van der Waals surface area contributed by atoms with E-state index in [9.17, 15) is 24.0 Å². The SMILES string of the molecule is CC(=O)N[C@H]1Cc2ccc(cc2)OC/C=C\C[C@@H](COC=O)NC(=O)[C@@H](CCCCNC(=O)OC(C)(C)C)CC1=O. The lowest BCUT2D eigenvalue weighted by atomic mass is 9.90. The van der Waals surface area contributed by atoms with Crippen LogP contribution in [0.15, 0.2) is 36.4 Å². The van der Waals surface area contributed by atoms with Crippen molar-refractivity contribution in [1.29, 1.82) is 0 Å². The Kier molecular flexibility index (Phi) is 13.8. The molecule has 0 fully saturated rings. The summed E-state index contributed by atoms with van der Waals surface area (Å²) in [5.74, 6) is -1.000. The number of alkyl carbamates (subject to hydrolysis) is 1. The summed E-state index contributed by atoms with van der Waals surface area (Å²) in [4.78, 5) is 61.5. The molecule has 11 nitrogen and oxygen atoms in total. The highest BCUT2D eigenvalue weighted by Crippen LogP contribution is 2.19. The van der Waals surface area contributed by atoms with Crippen molar-refractivity contribution in [3.63, 3.8) is 0 Å². The molecule has 0 unspecified atom stereocenters. The third-order valence-corrected chi connectivity index (χ3v) is 6.24. The molecular formula is C30H43N3O8. The molecule has 3 atom stereocenters. The number of fused-ring (bicyclic) bond motifs is 13. The highest BCUT2D eigenvalue weighted by molar-refractivity contribution is 5.92. The zero-order chi connectivity index (χ0) is 30.3. The van der Waals surface area contributed by atoms with Crippen molar-refractivity contribution in [3.05, 3.63) is 42.0 Å². The summed E-state index contributed by atoms with van der Waals surface area (Å²) in [6, 6.07) is 5.97. The summed E-state index contributed by atoms with van der Waals surface area (Å²) < 4.78 is 15.9. The molecular weight excluding hydrogens is 530 g/mol. The molecule has 2 bridgehead atoms. The Hall–Kier alpha value is -3.89. The van der Waals surface area contributed by atoms with Crippen molar-refractivity contribution < 1.29 is 38.2 Å². The predicted molar refractivity (Wildman–Crippen MR) is 152 cm³/mol. The molecule has 3 N–H and O–H groups in total. The van der Waals surface area contributed by atoms with Crippen molar-refractivity contribution in [1.82, 2.24) is 16.0 Å². The van der Waals surface area contributed by atoms with Gasteiger partial charge in [-0.3, -0.25) is 19.2 Å². The van der Waals surface area contributed by atoms with Gasteiger partial charge in [0.1, 0.15) is 24.6 Å². The lowest BCUT2D eigenvalue weighted by molar-refractivity contribution is -0.134. The average Bonchev–Trinajstić information content (AvgIpc) is 2.89. The minimum atomic E-state index is -0.810. The monoisotopic (exact) mass is 573 g/mol. The molecule has 2 aliphatic heterocycles. The van der Waals surface area contributed by atoms with Crippen LogP contribution in [0.2, 0.25) is 0 Å². The first-order valence-electron chi connectivity index (χ1n) is 14.0. The maximum absolute atomic E-state index is 13.5. The number of hydrogen-bond donors (Lipinski definition) is 3. The smallest absolute Gasteiger partial charge is 0.407 e. The molecule has 1 aromatic rings. The van der Waals surface area contributed by atoms with Gasteiger partial charge in [-0.25, -0.2) is 4.79 Å². The van der Waals surface area contributed by atoms with E-state index in [0.717, 1.165) is 5.56 Å². The van der Waals surface area contributed by atoms with Gasteiger partial charge in [0.2, 0.25) is 11.8 Å². The zero-order valence-corrected chi connectivity index (χ0v) is 24.4. The third-order valence-electron chi connectivity index (χ3n) is 6.24. The first kappa shape index (κ1) is 33.3. The van der Waals surface area contributed by atoms with Crippen LogP contribution in [0.3, 0.4) is 0 Å². The van der Waals surface area contributed by atoms with Crippen LogP contribution in [0.25, 0.3) is 0 Å². The van der Waals surface area contributed by atoms with Crippen LogP contribution in [0.5, 0.6) is 5.75 Å². The van der Waals surface area contributed by atoms with E-state index >= 15 is 0 Å². The molecule has 3 amide bonds. The molecule has 2 aliphatic rings. The average molecular weight is 574 g/mol. The predicted octanol–water partition coefficient (Wildman–Crippen LogP) is 3.00. The summed E-state index contributed by atoms with van der Waals surface area (Å²) in [5.41, 5.74) is 0.231. The van der Waals surface area contributed by atoms with E-state index in [-0.39, 0.29) is 37.0 Å². The van der Waals surface area contributed by atoms with Gasteiger partial charge in [-0.1, -0.05) is 30.7 Å². The van der Waals surface area contributed by atoms with Gasteiger partial charge in [-0.05, 0) is 64.2 Å². The Bertz CT molecular complexity index is 1050. The molecule has 11 heteroatoms. The van der Waals surface area contributed by atoms with Crippen LogP contribution in [-0.2, 0) is 35.1 Å². The van der Waals surface area contributed by atoms with Gasteiger partial charge < -0.3 is 30.2 Å². The lowest BCUT2D eigenvalue weighted by Gasteiger charge is -2.24. The topological polar surface area (TPSA) is 149 Å². The molecule has 3 rings (SSSR count). The number of hydrogen-bond acceptors (Lipinski definition) is 8. The summed E-state index contributed by atoms with van der Waals surface area (Å²) in [6.07, 6.45) is 5.19. The Morgan fingerprint density at radius 3 is 2.49 bits per heavy atom. The van der Waals surface area contributed by atoms with Gasteiger partial charge in [0.25, 0.3) is 6.47 Å². The molecule has 1 aromatic carbocycles. The molecule has 41 heavy (non-hydrogen) atoms. The van der Waals surface area contributed by atoms with E-state index in [1.165, 1.54) is 6.92 Å². The van der Waals surface area contributed by atoms with E-state index in [1.54, 1.807) is 32.9 Å². The Labute approximate surface area is 241 Å². The quantitative estimate of drug-likeness (QED) is 0.232. The minimum absolute atomic E-state index is 0.0312. The lowest BCUT2D eigenvalue weighted by Crippen LogP contribution is -2.45. The summed E-state index contributed by atoms with van der Waals surface area (Å²) in [7, 11) is 0. The fraction of sp³-hybridized carbons (Fsp3) is 0.567. The highest BCUT2D eigenvalue weighted by Gasteiger charge is 2.28. The summed E-state index contributed by atoms with van der Waals surface area (Å²) >= 11 is 0. The molecule has 0 saturated heterocycles. The van der Waals surface area contributed by atoms with Crippen LogP contribution in [0.1, 0.15) is 65.4 Å². The minimum Gasteiger partial charge on any atom is -0.490 e. The number of carbonyl (C=O) groups is 5. The van der Waals surface area contributed by atoms with E-state index in [2.05, 4.69) is 16.0 Å². The second kappa shape index (κ2) is 17.0. The second-order valence-corrected chi connectivity index (χ2v) is 11.0. The standard InChI is InChI=1S/C30H43N3O8/c1-21(35)32-26-17-22-11-13-25(14-12-22)40-16-8-6-10-24(19-39-20-34)33-28(37)23(18-27(26)36)9-5-7-15-31-29(38)41-30(2,3)4/h6,8,11-14,20,23-24,26H,5,7,9-10,15-19H2,1-4H3,(H,31,38)(H,32,35)(H,33,37)/b8-6-/t23-,24-,26-/m0/s1. The molecule has 0 aromatic heterocycles. The van der Waals surface area contributed by atoms with E-state index < -0.39 is 29.7 Å². The van der Waals surface area contributed by atoms with Crippen molar-refractivity contribution in [2.24, 2.45) is 5.92 Å². The number of ketones is 1. The summed E-state index contributed by atoms with van der Waals surface area (Å²) in [5, 5.41) is 8.33. The van der Waals surface area contributed by atoms with Crippen molar-refractivity contribution in [2.75, 3.05) is 19.8 Å². The van der Waals surface area contributed by atoms with Crippen LogP contribution >= 0.6 is 0 Å². The van der Waals surface area contributed by atoms with Gasteiger partial charge in [-0.2, -0.15) is 0 Å². The van der Waals surface area contributed by atoms with Gasteiger partial charge >= 0.3 is 6.09 Å². The fourth-order valence-electron chi connectivity index (χ4n) is 4.30. The first-order chi connectivity index (χ1) is 19.5. The van der Waals surface area contributed by atoms with Crippen LogP contribution in [-0.4, -0.2) is 67.6 Å². The zero-order valence-electron chi connectivity index (χ0n) is 24.4. The maximum atomic E-state index is 13.5. The van der Waals surface area contributed by atoms with Gasteiger partial charge in [0.05, 0.1) is 12.1 Å². The number of Topliss-reactive ketones (excluding diaryl/α,β-unsaturated/α-hetero) is 1. The molecule has 0 aliphatic carbocycles. The van der Waals surface area contributed by atoms with Gasteiger partial charge in [0, 0.05) is 25.8 Å². The van der Waals surface area contributed by atoms with Crippen molar-refractivity contribution in [2.45, 2.75) is 83.9 Å². The van der Waals surface area contributed by atoms with Crippen LogP contribution in [0.4, 0.5) is 4.79 Å². The number of rotatable bonds is 9. The summed E-state index contributed by atoms with van der Waals surface area (Å²) in [6.45, 7) is 7.63. The van der Waals surface area contributed by atoms with Crippen molar-refractivity contribution in [3.8, 4) is 5.75 Å². The van der Waals surface area contributed by atoms with Crippen molar-refractivity contribution >= 4 is 30.2 Å². The fourth-order valence-corrected chi connectivity index (χ4v) is 4.30. The van der Waals surface area contributed by atoms with E-state index in [4.69, 9.17) is 14.2 Å². The molecule has 226 valence electrons. The second-order valence-electron chi connectivity index (χ2n) is 11.0. The van der Waals surface area contributed by atoms with E-state index in [1.807, 2.05) is 24.3 Å². The number of nitrogens with one attached hydrogen (secondary N) is 3. The number of amides is 3. The number of unbranched alkanes of at least 4 members (excludes halogenated alkanes) is 1. The van der Waals surface area contributed by atoms with Crippen LogP contribution < -0.4 is 20.7 Å². The maximum Gasteiger partial charge on any atom is 0.407 e. The molecule has 0 radical (unpaired) electrons.